The van der Waals surface area contributed by atoms with Crippen molar-refractivity contribution in [3.05, 3.63) is 40.0 Å². The van der Waals surface area contributed by atoms with E-state index in [4.69, 9.17) is 27.9 Å². The number of nitrogens with zero attached hydrogens (tertiary/aromatic N) is 3. The van der Waals surface area contributed by atoms with Crippen molar-refractivity contribution in [2.45, 2.75) is 6.92 Å². The minimum Gasteiger partial charge on any atom is -0.379 e. The summed E-state index contributed by atoms with van der Waals surface area (Å²) in [4.78, 5) is 11.3. The van der Waals surface area contributed by atoms with Crippen LogP contribution in [0.3, 0.4) is 0 Å². The maximum Gasteiger partial charge on any atom is 0.224 e. The summed E-state index contributed by atoms with van der Waals surface area (Å²) >= 11 is 12.4. The van der Waals surface area contributed by atoms with Crippen molar-refractivity contribution < 1.29 is 4.74 Å². The zero-order valence-electron chi connectivity index (χ0n) is 14.1. The first-order valence-corrected chi connectivity index (χ1v) is 8.98. The summed E-state index contributed by atoms with van der Waals surface area (Å²) in [5, 5.41) is 7.55. The highest BCUT2D eigenvalue weighted by Gasteiger charge is 2.11. The van der Waals surface area contributed by atoms with Gasteiger partial charge in [0, 0.05) is 37.9 Å². The van der Waals surface area contributed by atoms with Gasteiger partial charge in [-0.2, -0.15) is 4.98 Å². The van der Waals surface area contributed by atoms with Gasteiger partial charge in [0.05, 0.1) is 28.9 Å². The zero-order chi connectivity index (χ0) is 17.6. The minimum absolute atomic E-state index is 0.547. The van der Waals surface area contributed by atoms with Gasteiger partial charge in [0.15, 0.2) is 0 Å². The second-order valence-electron chi connectivity index (χ2n) is 5.82. The van der Waals surface area contributed by atoms with E-state index >= 15 is 0 Å². The molecule has 0 spiro atoms. The Bertz CT molecular complexity index is 702. The van der Waals surface area contributed by atoms with Crippen molar-refractivity contribution in [2.75, 3.05) is 50.0 Å². The first-order chi connectivity index (χ1) is 12.1. The lowest BCUT2D eigenvalue weighted by molar-refractivity contribution is 0.0398. The Morgan fingerprint density at radius 1 is 1.16 bits per heavy atom. The summed E-state index contributed by atoms with van der Waals surface area (Å²) in [7, 11) is 0. The van der Waals surface area contributed by atoms with Crippen molar-refractivity contribution in [3.63, 3.8) is 0 Å². The Hall–Kier alpha value is -1.60. The van der Waals surface area contributed by atoms with Gasteiger partial charge in [0.2, 0.25) is 5.95 Å². The van der Waals surface area contributed by atoms with Crippen LogP contribution in [0.4, 0.5) is 17.5 Å². The summed E-state index contributed by atoms with van der Waals surface area (Å²) in [5.74, 6) is 1.23. The topological polar surface area (TPSA) is 62.3 Å². The summed E-state index contributed by atoms with van der Waals surface area (Å²) in [5.41, 5.74) is 1.50. The van der Waals surface area contributed by atoms with Crippen LogP contribution in [0, 0.1) is 6.92 Å². The van der Waals surface area contributed by atoms with Crippen LogP contribution in [0.5, 0.6) is 0 Å². The van der Waals surface area contributed by atoms with Gasteiger partial charge in [-0.05, 0) is 19.1 Å². The van der Waals surface area contributed by atoms with Crippen LogP contribution < -0.4 is 10.6 Å². The molecule has 2 aromatic rings. The van der Waals surface area contributed by atoms with Crippen molar-refractivity contribution >= 4 is 40.7 Å². The highest BCUT2D eigenvalue weighted by molar-refractivity contribution is 6.39. The number of halogens is 2. The molecule has 0 saturated carbocycles. The number of hydrogen-bond acceptors (Lipinski definition) is 6. The third kappa shape index (κ3) is 5.19. The molecule has 1 saturated heterocycles. The average Bonchev–Trinajstić information content (AvgIpc) is 2.59. The van der Waals surface area contributed by atoms with Crippen molar-refractivity contribution in [1.29, 1.82) is 0 Å². The molecule has 0 unspecified atom stereocenters. The molecule has 1 aromatic heterocycles. The molecule has 1 aliphatic rings. The quantitative estimate of drug-likeness (QED) is 0.797. The van der Waals surface area contributed by atoms with Gasteiger partial charge in [-0.15, -0.1) is 0 Å². The first-order valence-electron chi connectivity index (χ1n) is 8.22. The summed E-state index contributed by atoms with van der Waals surface area (Å²) in [6, 6.07) is 7.23. The molecular weight excluding hydrogens is 361 g/mol. The second kappa shape index (κ2) is 8.67. The van der Waals surface area contributed by atoms with Crippen molar-refractivity contribution in [1.82, 2.24) is 14.9 Å². The average molecular weight is 382 g/mol. The maximum absolute atomic E-state index is 6.21. The van der Waals surface area contributed by atoms with Crippen molar-refractivity contribution in [2.24, 2.45) is 0 Å². The standard InChI is InChI=1S/C17H21Cl2N5O/c1-12-11-15(22-16-13(18)3-2-4-14(16)19)23-17(21-12)20-5-6-24-7-9-25-10-8-24/h2-4,11H,5-10H2,1H3,(H2,20,21,22,23). The molecule has 1 aliphatic heterocycles. The fraction of sp³-hybridized carbons (Fsp3) is 0.412. The monoisotopic (exact) mass is 381 g/mol. The molecule has 2 heterocycles. The first kappa shape index (κ1) is 18.2. The summed E-state index contributed by atoms with van der Waals surface area (Å²) in [6.45, 7) is 7.16. The van der Waals surface area contributed by atoms with Gasteiger partial charge < -0.3 is 15.4 Å². The summed E-state index contributed by atoms with van der Waals surface area (Å²) in [6.07, 6.45) is 0. The van der Waals surface area contributed by atoms with E-state index in [0.717, 1.165) is 45.1 Å². The van der Waals surface area contributed by atoms with Gasteiger partial charge in [-0.3, -0.25) is 4.90 Å². The molecule has 3 rings (SSSR count). The number of ether oxygens (including phenoxy) is 1. The number of benzene rings is 1. The van der Waals surface area contributed by atoms with E-state index < -0.39 is 0 Å². The molecule has 2 N–H and O–H groups in total. The predicted octanol–water partition coefficient (Wildman–Crippen LogP) is 3.58. The molecule has 0 amide bonds. The molecule has 134 valence electrons. The molecule has 8 heteroatoms. The largest absolute Gasteiger partial charge is 0.379 e. The molecule has 1 fully saturated rings. The maximum atomic E-state index is 6.21. The molecule has 0 atom stereocenters. The van der Waals surface area contributed by atoms with Crippen LogP contribution in [0.15, 0.2) is 24.3 Å². The van der Waals surface area contributed by atoms with Crippen molar-refractivity contribution in [3.8, 4) is 0 Å². The smallest absolute Gasteiger partial charge is 0.224 e. The van der Waals surface area contributed by atoms with E-state index in [1.165, 1.54) is 0 Å². The number of rotatable bonds is 6. The second-order valence-corrected chi connectivity index (χ2v) is 6.64. The molecule has 6 nitrogen and oxygen atoms in total. The summed E-state index contributed by atoms with van der Waals surface area (Å²) < 4.78 is 5.36. The van der Waals surface area contributed by atoms with Gasteiger partial charge in [0.1, 0.15) is 5.82 Å². The van der Waals surface area contributed by atoms with Crippen LogP contribution in [-0.2, 0) is 4.74 Å². The lowest BCUT2D eigenvalue weighted by atomic mass is 10.3. The molecule has 1 aromatic carbocycles. The molecular formula is C17H21Cl2N5O. The predicted molar refractivity (Wildman–Crippen MR) is 102 cm³/mol. The number of anilines is 3. The highest BCUT2D eigenvalue weighted by Crippen LogP contribution is 2.32. The molecule has 25 heavy (non-hydrogen) atoms. The molecule has 0 radical (unpaired) electrons. The van der Waals surface area contributed by atoms with E-state index in [9.17, 15) is 0 Å². The van der Waals surface area contributed by atoms with E-state index in [0.29, 0.717) is 27.5 Å². The van der Waals surface area contributed by atoms with Gasteiger partial charge >= 0.3 is 0 Å². The highest BCUT2D eigenvalue weighted by atomic mass is 35.5. The minimum atomic E-state index is 0.547. The van der Waals surface area contributed by atoms with Crippen LogP contribution >= 0.6 is 23.2 Å². The zero-order valence-corrected chi connectivity index (χ0v) is 15.6. The molecule has 0 aliphatic carbocycles. The SMILES string of the molecule is Cc1cc(Nc2c(Cl)cccc2Cl)nc(NCCN2CCOCC2)n1. The Kier molecular flexibility index (Phi) is 6.31. The number of morpholine rings is 1. The molecule has 0 bridgehead atoms. The third-order valence-electron chi connectivity index (χ3n) is 3.88. The van der Waals surface area contributed by atoms with E-state index in [-0.39, 0.29) is 0 Å². The lowest BCUT2D eigenvalue weighted by Gasteiger charge is -2.26. The van der Waals surface area contributed by atoms with E-state index in [1.54, 1.807) is 18.2 Å². The third-order valence-corrected chi connectivity index (χ3v) is 4.51. The van der Waals surface area contributed by atoms with Gasteiger partial charge in [-0.25, -0.2) is 4.98 Å². The fourth-order valence-corrected chi connectivity index (χ4v) is 3.10. The van der Waals surface area contributed by atoms with E-state index in [1.807, 2.05) is 13.0 Å². The number of nitrogens with one attached hydrogen (secondary N) is 2. The van der Waals surface area contributed by atoms with Crippen LogP contribution in [-0.4, -0.2) is 54.3 Å². The normalized spacial score (nSPS) is 15.2. The van der Waals surface area contributed by atoms with Crippen LogP contribution in [0.2, 0.25) is 10.0 Å². The van der Waals surface area contributed by atoms with Crippen LogP contribution in [0.1, 0.15) is 5.69 Å². The Morgan fingerprint density at radius 3 is 2.60 bits per heavy atom. The number of aromatic nitrogens is 2. The Morgan fingerprint density at radius 2 is 1.88 bits per heavy atom. The Balaban J connectivity index is 1.64. The van der Waals surface area contributed by atoms with Gasteiger partial charge in [0.25, 0.3) is 0 Å². The van der Waals surface area contributed by atoms with E-state index in [2.05, 4.69) is 25.5 Å². The Labute approximate surface area is 157 Å². The van der Waals surface area contributed by atoms with Crippen LogP contribution in [0.25, 0.3) is 0 Å². The number of aryl methyl sites for hydroxylation is 1. The lowest BCUT2D eigenvalue weighted by Crippen LogP contribution is -2.39. The fourth-order valence-electron chi connectivity index (χ4n) is 2.61. The van der Waals surface area contributed by atoms with Gasteiger partial charge in [-0.1, -0.05) is 29.3 Å². The number of hydrogen-bond donors (Lipinski definition) is 2. The number of para-hydroxylation sites is 1.